The standard InChI is InChI=1S/C15H21N5O3S2/c1-7-8(10(21)15(2,3)4)20-11(22)9(23-6)12(20)24-13(7)25-14-16-17-18-19(14)5/h9,12-13H,1-6H3/t9-,12-,13?/m0/s1. The van der Waals surface area contributed by atoms with Crippen molar-refractivity contribution < 1.29 is 14.3 Å². The molecule has 0 saturated carbocycles. The van der Waals surface area contributed by atoms with Gasteiger partial charge in [-0.25, -0.2) is 4.68 Å². The van der Waals surface area contributed by atoms with Crippen molar-refractivity contribution in [1.29, 1.82) is 0 Å². The number of nitrogens with zero attached hydrogens (tertiary/aromatic N) is 5. The lowest BCUT2D eigenvalue weighted by Crippen LogP contribution is -2.66. The molecule has 2 aliphatic rings. The fourth-order valence-corrected chi connectivity index (χ4v) is 5.58. The number of aromatic nitrogens is 4. The van der Waals surface area contributed by atoms with Gasteiger partial charge in [-0.3, -0.25) is 14.5 Å². The molecule has 8 nitrogen and oxygen atoms in total. The number of amides is 1. The highest BCUT2D eigenvalue weighted by Crippen LogP contribution is 2.50. The number of aryl methyl sites for hydroxylation is 1. The van der Waals surface area contributed by atoms with Crippen LogP contribution < -0.4 is 0 Å². The minimum Gasteiger partial charge on any atom is -0.368 e. The van der Waals surface area contributed by atoms with Gasteiger partial charge in [-0.2, -0.15) is 0 Å². The number of methoxy groups -OCH3 is 1. The number of ketones is 1. The van der Waals surface area contributed by atoms with Crippen LogP contribution in [0.4, 0.5) is 0 Å². The van der Waals surface area contributed by atoms with Crippen molar-refractivity contribution in [1.82, 2.24) is 25.1 Å². The maximum Gasteiger partial charge on any atom is 0.260 e. The molecule has 3 heterocycles. The Balaban J connectivity index is 2.00. The van der Waals surface area contributed by atoms with E-state index in [2.05, 4.69) is 15.5 Å². The van der Waals surface area contributed by atoms with E-state index in [4.69, 9.17) is 4.74 Å². The van der Waals surface area contributed by atoms with Gasteiger partial charge in [0.05, 0.1) is 10.3 Å². The molecule has 2 aliphatic heterocycles. The lowest BCUT2D eigenvalue weighted by molar-refractivity contribution is -0.160. The van der Waals surface area contributed by atoms with E-state index < -0.39 is 11.5 Å². The van der Waals surface area contributed by atoms with Gasteiger partial charge in [0.15, 0.2) is 11.9 Å². The van der Waals surface area contributed by atoms with Crippen LogP contribution in [0.25, 0.3) is 0 Å². The van der Waals surface area contributed by atoms with Crippen LogP contribution in [0.2, 0.25) is 0 Å². The summed E-state index contributed by atoms with van der Waals surface area (Å²) in [6.45, 7) is 7.48. The number of hydrogen-bond donors (Lipinski definition) is 0. The average Bonchev–Trinajstić information content (AvgIpc) is 2.93. The summed E-state index contributed by atoms with van der Waals surface area (Å²) in [6, 6.07) is 0. The predicted octanol–water partition coefficient (Wildman–Crippen LogP) is 1.45. The molecule has 10 heteroatoms. The fraction of sp³-hybridized carbons (Fsp3) is 0.667. The van der Waals surface area contributed by atoms with Crippen LogP contribution in [0.5, 0.6) is 0 Å². The number of fused-ring (bicyclic) bond motifs is 1. The molecule has 0 radical (unpaired) electrons. The van der Waals surface area contributed by atoms with Gasteiger partial charge in [0.1, 0.15) is 5.37 Å². The normalized spacial score (nSPS) is 26.6. The van der Waals surface area contributed by atoms with Gasteiger partial charge in [-0.15, -0.1) is 16.9 Å². The largest absolute Gasteiger partial charge is 0.368 e. The van der Waals surface area contributed by atoms with Gasteiger partial charge >= 0.3 is 0 Å². The molecule has 1 aromatic heterocycles. The van der Waals surface area contributed by atoms with Gasteiger partial charge in [-0.1, -0.05) is 32.5 Å². The highest BCUT2D eigenvalue weighted by atomic mass is 32.2. The summed E-state index contributed by atoms with van der Waals surface area (Å²) in [5, 5.41) is 12.0. The summed E-state index contributed by atoms with van der Waals surface area (Å²) in [4.78, 5) is 27.1. The van der Waals surface area contributed by atoms with Crippen LogP contribution in [-0.2, 0) is 21.4 Å². The summed E-state index contributed by atoms with van der Waals surface area (Å²) in [7, 11) is 3.29. The number of hydrogen-bond acceptors (Lipinski definition) is 8. The van der Waals surface area contributed by atoms with E-state index in [9.17, 15) is 9.59 Å². The number of thioether (sulfide) groups is 2. The third kappa shape index (κ3) is 3.00. The smallest absolute Gasteiger partial charge is 0.260 e. The van der Waals surface area contributed by atoms with Crippen LogP contribution in [0, 0.1) is 5.41 Å². The SMILES string of the molecule is CO[C@H]1C(=O)N2C(C(=O)C(C)(C)C)=C(C)C(Sc3nnnn3C)S[C@@H]12. The first-order chi connectivity index (χ1) is 11.7. The number of carbonyl (C=O) groups is 2. The summed E-state index contributed by atoms with van der Waals surface area (Å²) in [5.41, 5.74) is 0.766. The Labute approximate surface area is 154 Å². The van der Waals surface area contributed by atoms with Crippen molar-refractivity contribution >= 4 is 35.2 Å². The van der Waals surface area contributed by atoms with Gasteiger partial charge in [0, 0.05) is 19.6 Å². The summed E-state index contributed by atoms with van der Waals surface area (Å²) in [5.74, 6) is -0.199. The lowest BCUT2D eigenvalue weighted by atomic mass is 9.86. The second kappa shape index (κ2) is 6.40. The number of ether oxygens (including phenoxy) is 1. The van der Waals surface area contributed by atoms with E-state index in [1.165, 1.54) is 18.9 Å². The molecule has 0 N–H and O–H groups in total. The highest BCUT2D eigenvalue weighted by Gasteiger charge is 2.56. The first kappa shape index (κ1) is 18.4. The number of rotatable bonds is 4. The number of tetrazole rings is 1. The zero-order chi connectivity index (χ0) is 18.5. The highest BCUT2D eigenvalue weighted by molar-refractivity contribution is 8.17. The van der Waals surface area contributed by atoms with E-state index in [-0.39, 0.29) is 21.6 Å². The van der Waals surface area contributed by atoms with Crippen LogP contribution in [0.1, 0.15) is 27.7 Å². The first-order valence-corrected chi connectivity index (χ1v) is 9.65. The monoisotopic (exact) mass is 383 g/mol. The Morgan fingerprint density at radius 3 is 2.56 bits per heavy atom. The second-order valence-electron chi connectivity index (χ2n) is 7.04. The average molecular weight is 383 g/mol. The van der Waals surface area contributed by atoms with Crippen LogP contribution in [-0.4, -0.2) is 60.0 Å². The van der Waals surface area contributed by atoms with Crippen molar-refractivity contribution in [2.45, 2.75) is 48.9 Å². The molecule has 1 fully saturated rings. The van der Waals surface area contributed by atoms with Gasteiger partial charge in [-0.05, 0) is 22.9 Å². The summed E-state index contributed by atoms with van der Waals surface area (Å²) >= 11 is 3.07. The molecular formula is C15H21N5O3S2. The fourth-order valence-electron chi connectivity index (χ4n) is 2.73. The van der Waals surface area contributed by atoms with Gasteiger partial charge in [0.25, 0.3) is 5.91 Å². The Morgan fingerprint density at radius 1 is 1.36 bits per heavy atom. The Hall–Kier alpha value is -1.39. The Bertz CT molecular complexity index is 755. The van der Waals surface area contributed by atoms with Gasteiger partial charge in [0.2, 0.25) is 5.16 Å². The Kier molecular flexibility index (Phi) is 4.71. The first-order valence-electron chi connectivity index (χ1n) is 7.82. The molecular weight excluding hydrogens is 362 g/mol. The van der Waals surface area contributed by atoms with E-state index in [0.717, 1.165) is 5.57 Å². The number of allylic oxidation sites excluding steroid dienone is 1. The zero-order valence-electron chi connectivity index (χ0n) is 15.0. The maximum atomic E-state index is 13.0. The Morgan fingerprint density at radius 2 is 2.04 bits per heavy atom. The van der Waals surface area contributed by atoms with E-state index in [1.807, 2.05) is 27.7 Å². The van der Waals surface area contributed by atoms with Crippen molar-refractivity contribution in [3.05, 3.63) is 11.3 Å². The van der Waals surface area contributed by atoms with E-state index >= 15 is 0 Å². The molecule has 0 aliphatic carbocycles. The van der Waals surface area contributed by atoms with Crippen molar-refractivity contribution in [2.75, 3.05) is 7.11 Å². The maximum absolute atomic E-state index is 13.0. The molecule has 1 amide bonds. The lowest BCUT2D eigenvalue weighted by Gasteiger charge is -2.51. The van der Waals surface area contributed by atoms with Crippen molar-refractivity contribution in [3.63, 3.8) is 0 Å². The molecule has 0 aromatic carbocycles. The molecule has 1 saturated heterocycles. The number of β-lactam (4-membered cyclic amide) rings is 1. The summed E-state index contributed by atoms with van der Waals surface area (Å²) < 4.78 is 6.85. The topological polar surface area (TPSA) is 90.2 Å². The molecule has 136 valence electrons. The van der Waals surface area contributed by atoms with Crippen LogP contribution in [0.3, 0.4) is 0 Å². The quantitative estimate of drug-likeness (QED) is 0.722. The predicted molar refractivity (Wildman–Crippen MR) is 94.6 cm³/mol. The number of carbonyl (C=O) groups excluding carboxylic acids is 2. The third-order valence-corrected chi connectivity index (χ3v) is 7.25. The zero-order valence-corrected chi connectivity index (χ0v) is 16.6. The molecule has 25 heavy (non-hydrogen) atoms. The van der Waals surface area contributed by atoms with Crippen molar-refractivity contribution in [2.24, 2.45) is 12.5 Å². The summed E-state index contributed by atoms with van der Waals surface area (Å²) in [6.07, 6.45) is -0.526. The van der Waals surface area contributed by atoms with E-state index in [0.29, 0.717) is 10.9 Å². The van der Waals surface area contributed by atoms with Crippen LogP contribution >= 0.6 is 23.5 Å². The molecule has 0 spiro atoms. The minimum atomic E-state index is -0.580. The molecule has 3 rings (SSSR count). The number of Topliss-reactive ketones (excluding diaryl/α,β-unsaturated/α-hetero) is 1. The minimum absolute atomic E-state index is 0.0418. The van der Waals surface area contributed by atoms with Gasteiger partial charge < -0.3 is 4.74 Å². The van der Waals surface area contributed by atoms with E-state index in [1.54, 1.807) is 28.4 Å². The molecule has 0 bridgehead atoms. The van der Waals surface area contributed by atoms with Crippen molar-refractivity contribution in [3.8, 4) is 0 Å². The molecule has 1 unspecified atom stereocenters. The molecule has 1 aromatic rings. The second-order valence-corrected chi connectivity index (χ2v) is 9.63. The molecule has 3 atom stereocenters. The van der Waals surface area contributed by atoms with Crippen LogP contribution in [0.15, 0.2) is 16.4 Å². The third-order valence-electron chi connectivity index (χ3n) is 4.17.